The zero-order chi connectivity index (χ0) is 10.8. The fourth-order valence-corrected chi connectivity index (χ4v) is 1.87. The van der Waals surface area contributed by atoms with Crippen LogP contribution in [0.15, 0.2) is 36.5 Å². The quantitative estimate of drug-likeness (QED) is 0.844. The number of nitrogens with one attached hydrogen (secondary N) is 1. The molecule has 3 nitrogen and oxygen atoms in total. The van der Waals surface area contributed by atoms with Crippen molar-refractivity contribution in [2.75, 3.05) is 13.1 Å². The van der Waals surface area contributed by atoms with E-state index in [4.69, 9.17) is 4.74 Å². The molecule has 1 fully saturated rings. The lowest BCUT2D eigenvalue weighted by Crippen LogP contribution is -2.48. The van der Waals surface area contributed by atoms with Gasteiger partial charge < -0.3 is 10.1 Å². The Hall–Kier alpha value is -1.45. The van der Waals surface area contributed by atoms with Crippen molar-refractivity contribution < 1.29 is 4.74 Å². The standard InChI is InChI=1S/C13H14N2O/c1-2-4-13-12(3-1)10(5-6-15-13)9-16-11-7-14-8-11/h1-6,11,14H,7-9H2. The van der Waals surface area contributed by atoms with Crippen LogP contribution >= 0.6 is 0 Å². The molecule has 2 aromatic rings. The van der Waals surface area contributed by atoms with Crippen LogP contribution in [0.3, 0.4) is 0 Å². The van der Waals surface area contributed by atoms with Gasteiger partial charge in [0.1, 0.15) is 0 Å². The molecular formula is C13H14N2O. The number of fused-ring (bicyclic) bond motifs is 1. The summed E-state index contributed by atoms with van der Waals surface area (Å²) >= 11 is 0. The molecule has 0 amide bonds. The average molecular weight is 214 g/mol. The van der Waals surface area contributed by atoms with Crippen molar-refractivity contribution in [2.45, 2.75) is 12.7 Å². The Balaban J connectivity index is 1.84. The molecule has 1 aliphatic heterocycles. The van der Waals surface area contributed by atoms with Crippen molar-refractivity contribution in [1.29, 1.82) is 0 Å². The van der Waals surface area contributed by atoms with Gasteiger partial charge in [0.05, 0.1) is 18.2 Å². The molecular weight excluding hydrogens is 200 g/mol. The lowest BCUT2D eigenvalue weighted by atomic mass is 10.1. The molecule has 3 heteroatoms. The Morgan fingerprint density at radius 3 is 2.94 bits per heavy atom. The molecule has 82 valence electrons. The topological polar surface area (TPSA) is 34.1 Å². The number of para-hydroxylation sites is 1. The van der Waals surface area contributed by atoms with E-state index in [9.17, 15) is 0 Å². The van der Waals surface area contributed by atoms with E-state index in [1.165, 1.54) is 10.9 Å². The number of hydrogen-bond acceptors (Lipinski definition) is 3. The zero-order valence-electron chi connectivity index (χ0n) is 9.02. The lowest BCUT2D eigenvalue weighted by Gasteiger charge is -2.27. The second-order valence-corrected chi connectivity index (χ2v) is 4.08. The summed E-state index contributed by atoms with van der Waals surface area (Å²) in [6.45, 7) is 2.63. The van der Waals surface area contributed by atoms with Crippen molar-refractivity contribution in [2.24, 2.45) is 0 Å². The van der Waals surface area contributed by atoms with E-state index in [0.29, 0.717) is 12.7 Å². The molecule has 0 radical (unpaired) electrons. The van der Waals surface area contributed by atoms with Gasteiger partial charge in [-0.25, -0.2) is 0 Å². The van der Waals surface area contributed by atoms with Crippen molar-refractivity contribution >= 4 is 10.9 Å². The molecule has 0 unspecified atom stereocenters. The Morgan fingerprint density at radius 1 is 1.25 bits per heavy atom. The highest BCUT2D eigenvalue weighted by Crippen LogP contribution is 2.17. The molecule has 16 heavy (non-hydrogen) atoms. The van der Waals surface area contributed by atoms with Crippen molar-refractivity contribution in [3.8, 4) is 0 Å². The first-order valence-electron chi connectivity index (χ1n) is 5.58. The molecule has 1 aromatic heterocycles. The number of aromatic nitrogens is 1. The monoisotopic (exact) mass is 214 g/mol. The highest BCUT2D eigenvalue weighted by Gasteiger charge is 2.17. The number of rotatable bonds is 3. The maximum atomic E-state index is 5.78. The molecule has 3 rings (SSSR count). The normalized spacial score (nSPS) is 16.2. The summed E-state index contributed by atoms with van der Waals surface area (Å²) in [5.74, 6) is 0. The van der Waals surface area contributed by atoms with E-state index in [2.05, 4.69) is 16.4 Å². The third kappa shape index (κ3) is 1.79. The minimum atomic E-state index is 0.381. The summed E-state index contributed by atoms with van der Waals surface area (Å²) in [6, 6.07) is 10.2. The molecule has 0 aliphatic carbocycles. The molecule has 1 saturated heterocycles. The van der Waals surface area contributed by atoms with Gasteiger partial charge in [-0.15, -0.1) is 0 Å². The van der Waals surface area contributed by atoms with Gasteiger partial charge in [0.25, 0.3) is 0 Å². The van der Waals surface area contributed by atoms with Crippen LogP contribution in [-0.2, 0) is 11.3 Å². The number of ether oxygens (including phenoxy) is 1. The van der Waals surface area contributed by atoms with E-state index in [-0.39, 0.29) is 0 Å². The van der Waals surface area contributed by atoms with Crippen LogP contribution in [0.2, 0.25) is 0 Å². The summed E-state index contributed by atoms with van der Waals surface area (Å²) in [4.78, 5) is 4.34. The van der Waals surface area contributed by atoms with E-state index < -0.39 is 0 Å². The van der Waals surface area contributed by atoms with Gasteiger partial charge in [0.15, 0.2) is 0 Å². The average Bonchev–Trinajstić information content (AvgIpc) is 2.27. The van der Waals surface area contributed by atoms with Gasteiger partial charge in [-0.2, -0.15) is 0 Å². The fraction of sp³-hybridized carbons (Fsp3) is 0.308. The smallest absolute Gasteiger partial charge is 0.0828 e. The van der Waals surface area contributed by atoms with Gasteiger partial charge in [-0.3, -0.25) is 4.98 Å². The van der Waals surface area contributed by atoms with Crippen LogP contribution in [0.25, 0.3) is 10.9 Å². The van der Waals surface area contributed by atoms with E-state index in [1.807, 2.05) is 30.5 Å². The van der Waals surface area contributed by atoms with Gasteiger partial charge >= 0.3 is 0 Å². The van der Waals surface area contributed by atoms with Crippen LogP contribution in [0, 0.1) is 0 Å². The van der Waals surface area contributed by atoms with Crippen molar-refractivity contribution in [1.82, 2.24) is 10.3 Å². The lowest BCUT2D eigenvalue weighted by molar-refractivity contribution is 0.00809. The van der Waals surface area contributed by atoms with Crippen LogP contribution in [0.4, 0.5) is 0 Å². The predicted molar refractivity (Wildman–Crippen MR) is 63.2 cm³/mol. The van der Waals surface area contributed by atoms with Gasteiger partial charge in [-0.05, 0) is 17.7 Å². The molecule has 1 aromatic carbocycles. The maximum Gasteiger partial charge on any atom is 0.0828 e. The molecule has 0 spiro atoms. The largest absolute Gasteiger partial charge is 0.371 e. The summed E-state index contributed by atoms with van der Waals surface area (Å²) < 4.78 is 5.78. The first-order valence-corrected chi connectivity index (χ1v) is 5.58. The van der Waals surface area contributed by atoms with E-state index >= 15 is 0 Å². The molecule has 0 atom stereocenters. The van der Waals surface area contributed by atoms with Crippen LogP contribution < -0.4 is 5.32 Å². The molecule has 1 N–H and O–H groups in total. The van der Waals surface area contributed by atoms with Crippen LogP contribution in [0.5, 0.6) is 0 Å². The molecule has 1 aliphatic rings. The summed E-state index contributed by atoms with van der Waals surface area (Å²) in [5.41, 5.74) is 2.26. The summed E-state index contributed by atoms with van der Waals surface area (Å²) in [7, 11) is 0. The van der Waals surface area contributed by atoms with Crippen LogP contribution in [-0.4, -0.2) is 24.2 Å². The Morgan fingerprint density at radius 2 is 2.12 bits per heavy atom. The second kappa shape index (κ2) is 4.20. The second-order valence-electron chi connectivity index (χ2n) is 4.08. The zero-order valence-corrected chi connectivity index (χ0v) is 9.02. The van der Waals surface area contributed by atoms with Crippen molar-refractivity contribution in [3.05, 3.63) is 42.1 Å². The Kier molecular flexibility index (Phi) is 2.56. The predicted octanol–water partition coefficient (Wildman–Crippen LogP) is 1.72. The van der Waals surface area contributed by atoms with Gasteiger partial charge in [0.2, 0.25) is 0 Å². The summed E-state index contributed by atoms with van der Waals surface area (Å²) in [6.07, 6.45) is 2.23. The van der Waals surface area contributed by atoms with Gasteiger partial charge in [0, 0.05) is 24.7 Å². The molecule has 2 heterocycles. The number of nitrogens with zero attached hydrogens (tertiary/aromatic N) is 1. The summed E-state index contributed by atoms with van der Waals surface area (Å²) in [5, 5.41) is 4.39. The number of pyridine rings is 1. The SMILES string of the molecule is c1ccc2c(COC3CNC3)ccnc2c1. The van der Waals surface area contributed by atoms with Crippen molar-refractivity contribution in [3.63, 3.8) is 0 Å². The fourth-order valence-electron chi connectivity index (χ4n) is 1.87. The Labute approximate surface area is 94.5 Å². The maximum absolute atomic E-state index is 5.78. The number of benzene rings is 1. The van der Waals surface area contributed by atoms with E-state index in [1.54, 1.807) is 0 Å². The first-order chi connectivity index (χ1) is 7.93. The minimum absolute atomic E-state index is 0.381. The number of hydrogen-bond donors (Lipinski definition) is 1. The third-order valence-corrected chi connectivity index (χ3v) is 2.96. The minimum Gasteiger partial charge on any atom is -0.371 e. The van der Waals surface area contributed by atoms with Gasteiger partial charge in [-0.1, -0.05) is 18.2 Å². The Bertz CT molecular complexity index is 489. The highest BCUT2D eigenvalue weighted by molar-refractivity contribution is 5.81. The van der Waals surface area contributed by atoms with E-state index in [0.717, 1.165) is 18.6 Å². The van der Waals surface area contributed by atoms with Crippen LogP contribution in [0.1, 0.15) is 5.56 Å². The molecule has 0 saturated carbocycles. The highest BCUT2D eigenvalue weighted by atomic mass is 16.5. The molecule has 0 bridgehead atoms. The third-order valence-electron chi connectivity index (χ3n) is 2.96. The first kappa shape index (κ1) is 9.75.